The van der Waals surface area contributed by atoms with Crippen LogP contribution in [0.1, 0.15) is 43.7 Å². The molecule has 0 aliphatic carbocycles. The molecule has 1 saturated heterocycles. The second-order valence-corrected chi connectivity index (χ2v) is 8.33. The molecule has 0 aromatic heterocycles. The van der Waals surface area contributed by atoms with Crippen LogP contribution in [-0.4, -0.2) is 41.7 Å². The number of hydrogen-bond acceptors (Lipinski definition) is 4. The molecule has 0 saturated carbocycles. The van der Waals surface area contributed by atoms with E-state index in [-0.39, 0.29) is 24.2 Å². The molecule has 1 aromatic carbocycles. The minimum Gasteiger partial charge on any atom is -0.455 e. The number of piperidine rings is 1. The van der Waals surface area contributed by atoms with Gasteiger partial charge in [0.25, 0.3) is 5.91 Å². The van der Waals surface area contributed by atoms with Crippen molar-refractivity contribution in [3.63, 3.8) is 0 Å². The van der Waals surface area contributed by atoms with Crippen LogP contribution in [0.15, 0.2) is 21.5 Å². The number of likely N-dealkylation sites (tertiary alicyclic amines) is 1. The number of halogens is 1. The SMILES string of the molecule is CCC1CCCCN1C(=O)COC(=O)CSc1cc(C)c(Br)cc1C. The summed E-state index contributed by atoms with van der Waals surface area (Å²) in [5.41, 5.74) is 2.25. The molecule has 6 heteroatoms. The van der Waals surface area contributed by atoms with Crippen molar-refractivity contribution in [3.05, 3.63) is 27.7 Å². The zero-order chi connectivity index (χ0) is 18.4. The van der Waals surface area contributed by atoms with Crippen molar-refractivity contribution in [2.45, 2.75) is 57.4 Å². The first-order chi connectivity index (χ1) is 11.9. The molecule has 138 valence electrons. The largest absolute Gasteiger partial charge is 0.455 e. The Morgan fingerprint density at radius 1 is 1.28 bits per heavy atom. The van der Waals surface area contributed by atoms with Gasteiger partial charge < -0.3 is 9.64 Å². The van der Waals surface area contributed by atoms with E-state index in [1.54, 1.807) is 0 Å². The fourth-order valence-electron chi connectivity index (χ4n) is 3.07. The standard InChI is InChI=1S/C19H26BrNO3S/c1-4-15-7-5-6-8-21(15)18(22)11-24-19(23)12-25-17-10-13(2)16(20)9-14(17)3/h9-10,15H,4-8,11-12H2,1-3H3. The minimum atomic E-state index is -0.344. The van der Waals surface area contributed by atoms with E-state index in [1.165, 1.54) is 18.2 Å². The average molecular weight is 428 g/mol. The van der Waals surface area contributed by atoms with E-state index in [0.29, 0.717) is 6.04 Å². The van der Waals surface area contributed by atoms with Crippen LogP contribution in [0.4, 0.5) is 0 Å². The van der Waals surface area contributed by atoms with Gasteiger partial charge in [-0.05, 0) is 62.8 Å². The Balaban J connectivity index is 1.80. The van der Waals surface area contributed by atoms with Crippen LogP contribution >= 0.6 is 27.7 Å². The number of esters is 1. The quantitative estimate of drug-likeness (QED) is 0.495. The van der Waals surface area contributed by atoms with Crippen LogP contribution in [0.25, 0.3) is 0 Å². The summed E-state index contributed by atoms with van der Waals surface area (Å²) in [6, 6.07) is 4.40. The smallest absolute Gasteiger partial charge is 0.316 e. The van der Waals surface area contributed by atoms with Gasteiger partial charge in [-0.3, -0.25) is 9.59 Å². The molecule has 1 aliphatic heterocycles. The molecule has 2 rings (SSSR count). The number of thioether (sulfide) groups is 1. The molecular formula is C19H26BrNO3S. The third-order valence-corrected chi connectivity index (χ3v) is 6.56. The van der Waals surface area contributed by atoms with Crippen LogP contribution in [0.3, 0.4) is 0 Å². The van der Waals surface area contributed by atoms with Gasteiger partial charge in [-0.1, -0.05) is 22.9 Å². The van der Waals surface area contributed by atoms with Gasteiger partial charge in [0, 0.05) is 22.0 Å². The highest BCUT2D eigenvalue weighted by Crippen LogP contribution is 2.28. The molecule has 1 unspecified atom stereocenters. The summed E-state index contributed by atoms with van der Waals surface area (Å²) in [5.74, 6) is -0.198. The zero-order valence-electron chi connectivity index (χ0n) is 15.1. The van der Waals surface area contributed by atoms with Gasteiger partial charge >= 0.3 is 5.97 Å². The summed E-state index contributed by atoms with van der Waals surface area (Å²) in [6.45, 7) is 6.77. The second kappa shape index (κ2) is 9.62. The first kappa shape index (κ1) is 20.3. The second-order valence-electron chi connectivity index (χ2n) is 6.46. The summed E-state index contributed by atoms with van der Waals surface area (Å²) < 4.78 is 6.27. The van der Waals surface area contributed by atoms with Gasteiger partial charge in [-0.25, -0.2) is 0 Å². The molecule has 25 heavy (non-hydrogen) atoms. The number of benzene rings is 1. The number of carbonyl (C=O) groups excluding carboxylic acids is 2. The maximum absolute atomic E-state index is 12.3. The number of hydrogen-bond donors (Lipinski definition) is 0. The normalized spacial score (nSPS) is 17.4. The van der Waals surface area contributed by atoms with Crippen molar-refractivity contribution in [1.29, 1.82) is 0 Å². The van der Waals surface area contributed by atoms with Crippen molar-refractivity contribution < 1.29 is 14.3 Å². The van der Waals surface area contributed by atoms with Crippen molar-refractivity contribution in [3.8, 4) is 0 Å². The Morgan fingerprint density at radius 3 is 2.76 bits per heavy atom. The molecule has 0 radical (unpaired) electrons. The maximum Gasteiger partial charge on any atom is 0.316 e. The fraction of sp³-hybridized carbons (Fsp3) is 0.579. The van der Waals surface area contributed by atoms with E-state index in [4.69, 9.17) is 4.74 Å². The predicted octanol–water partition coefficient (Wildman–Crippen LogP) is 4.49. The summed E-state index contributed by atoms with van der Waals surface area (Å²) in [7, 11) is 0. The Kier molecular flexibility index (Phi) is 7.81. The molecule has 1 amide bonds. The number of ether oxygens (including phenoxy) is 1. The fourth-order valence-corrected chi connectivity index (χ4v) is 4.43. The third-order valence-electron chi connectivity index (χ3n) is 4.58. The van der Waals surface area contributed by atoms with Gasteiger partial charge in [0.15, 0.2) is 6.61 Å². The average Bonchev–Trinajstić information content (AvgIpc) is 2.61. The van der Waals surface area contributed by atoms with Gasteiger partial charge in [0.1, 0.15) is 0 Å². The third kappa shape index (κ3) is 5.74. The van der Waals surface area contributed by atoms with E-state index in [0.717, 1.165) is 46.3 Å². The molecule has 1 atom stereocenters. The minimum absolute atomic E-state index is 0.0689. The lowest BCUT2D eigenvalue weighted by atomic mass is 10.00. The molecule has 0 bridgehead atoms. The monoisotopic (exact) mass is 427 g/mol. The lowest BCUT2D eigenvalue weighted by molar-refractivity contribution is -0.151. The topological polar surface area (TPSA) is 46.6 Å². The molecule has 1 fully saturated rings. The van der Waals surface area contributed by atoms with Crippen molar-refractivity contribution in [2.24, 2.45) is 0 Å². The van der Waals surface area contributed by atoms with Crippen LogP contribution in [0, 0.1) is 13.8 Å². The summed E-state index contributed by atoms with van der Waals surface area (Å²) >= 11 is 4.96. The molecule has 1 aromatic rings. The highest BCUT2D eigenvalue weighted by molar-refractivity contribution is 9.10. The zero-order valence-corrected chi connectivity index (χ0v) is 17.5. The van der Waals surface area contributed by atoms with Gasteiger partial charge in [0.2, 0.25) is 0 Å². The van der Waals surface area contributed by atoms with E-state index >= 15 is 0 Å². The number of aryl methyl sites for hydroxylation is 2. The van der Waals surface area contributed by atoms with Gasteiger partial charge in [0.05, 0.1) is 5.75 Å². The lowest BCUT2D eigenvalue weighted by Gasteiger charge is -2.35. The summed E-state index contributed by atoms with van der Waals surface area (Å²) in [5, 5.41) is 0. The lowest BCUT2D eigenvalue weighted by Crippen LogP contribution is -2.45. The van der Waals surface area contributed by atoms with E-state index in [1.807, 2.05) is 24.8 Å². The van der Waals surface area contributed by atoms with Crippen LogP contribution in [0.5, 0.6) is 0 Å². The highest BCUT2D eigenvalue weighted by atomic mass is 79.9. The molecule has 0 N–H and O–H groups in total. The highest BCUT2D eigenvalue weighted by Gasteiger charge is 2.25. The molecule has 1 heterocycles. The van der Waals surface area contributed by atoms with E-state index in [2.05, 4.69) is 28.9 Å². The van der Waals surface area contributed by atoms with Crippen molar-refractivity contribution in [1.82, 2.24) is 4.90 Å². The first-order valence-electron chi connectivity index (χ1n) is 8.77. The van der Waals surface area contributed by atoms with Gasteiger partial charge in [-0.2, -0.15) is 0 Å². The number of amides is 1. The van der Waals surface area contributed by atoms with Crippen molar-refractivity contribution in [2.75, 3.05) is 18.9 Å². The first-order valence-corrected chi connectivity index (χ1v) is 10.5. The van der Waals surface area contributed by atoms with Crippen LogP contribution in [-0.2, 0) is 14.3 Å². The summed E-state index contributed by atoms with van der Waals surface area (Å²) in [4.78, 5) is 27.3. The van der Waals surface area contributed by atoms with Crippen molar-refractivity contribution >= 4 is 39.6 Å². The predicted molar refractivity (Wildman–Crippen MR) is 105 cm³/mol. The Morgan fingerprint density at radius 2 is 2.04 bits per heavy atom. The Hall–Kier alpha value is -1.01. The van der Waals surface area contributed by atoms with E-state index in [9.17, 15) is 9.59 Å². The number of rotatable bonds is 6. The Labute approximate surface area is 162 Å². The molecular weight excluding hydrogens is 402 g/mol. The number of carbonyl (C=O) groups is 2. The Bertz CT molecular complexity index is 635. The van der Waals surface area contributed by atoms with Gasteiger partial charge in [-0.15, -0.1) is 11.8 Å². The molecule has 4 nitrogen and oxygen atoms in total. The summed E-state index contributed by atoms with van der Waals surface area (Å²) in [6.07, 6.45) is 4.21. The molecule has 1 aliphatic rings. The van der Waals surface area contributed by atoms with E-state index < -0.39 is 0 Å². The maximum atomic E-state index is 12.3. The molecule has 0 spiro atoms. The number of nitrogens with zero attached hydrogens (tertiary/aromatic N) is 1. The van der Waals surface area contributed by atoms with Crippen LogP contribution < -0.4 is 0 Å². The van der Waals surface area contributed by atoms with Crippen LogP contribution in [0.2, 0.25) is 0 Å².